The first kappa shape index (κ1) is 18.7. The lowest BCUT2D eigenvalue weighted by Gasteiger charge is -2.47. The van der Waals surface area contributed by atoms with Crippen LogP contribution in [0.5, 0.6) is 5.75 Å². The number of pyridine rings is 1. The van der Waals surface area contributed by atoms with Crippen molar-refractivity contribution in [3.8, 4) is 16.9 Å². The van der Waals surface area contributed by atoms with Crippen LogP contribution in [0, 0.1) is 5.92 Å². The van der Waals surface area contributed by atoms with Crippen molar-refractivity contribution < 1.29 is 14.2 Å². The summed E-state index contributed by atoms with van der Waals surface area (Å²) < 4.78 is 18.1. The van der Waals surface area contributed by atoms with Crippen LogP contribution in [0.4, 0.5) is 0 Å². The number of amidine groups is 1. The second kappa shape index (κ2) is 7.18. The Morgan fingerprint density at radius 3 is 2.90 bits per heavy atom. The maximum Gasteiger partial charge on any atom is 0.283 e. The van der Waals surface area contributed by atoms with Crippen molar-refractivity contribution in [1.29, 1.82) is 0 Å². The summed E-state index contributed by atoms with van der Waals surface area (Å²) in [5, 5.41) is 0.601. The predicted molar refractivity (Wildman–Crippen MR) is 111 cm³/mol. The summed E-state index contributed by atoms with van der Waals surface area (Å²) >= 11 is 6.16. The van der Waals surface area contributed by atoms with Gasteiger partial charge in [-0.3, -0.25) is 4.98 Å². The smallest absolute Gasteiger partial charge is 0.283 e. The van der Waals surface area contributed by atoms with Crippen molar-refractivity contribution in [2.45, 2.75) is 43.9 Å². The lowest BCUT2D eigenvalue weighted by Crippen LogP contribution is -2.52. The van der Waals surface area contributed by atoms with Crippen LogP contribution in [-0.4, -0.2) is 36.4 Å². The van der Waals surface area contributed by atoms with Gasteiger partial charge in [0.1, 0.15) is 24.0 Å². The Bertz CT molecular complexity index is 966. The van der Waals surface area contributed by atoms with Crippen molar-refractivity contribution in [2.24, 2.45) is 16.6 Å². The van der Waals surface area contributed by atoms with Gasteiger partial charge in [0.15, 0.2) is 0 Å². The number of hydrogen-bond acceptors (Lipinski definition) is 6. The molecule has 3 aliphatic rings. The van der Waals surface area contributed by atoms with Gasteiger partial charge >= 0.3 is 0 Å². The van der Waals surface area contributed by atoms with Gasteiger partial charge in [-0.2, -0.15) is 0 Å². The van der Waals surface area contributed by atoms with Crippen LogP contribution in [0.25, 0.3) is 11.1 Å². The van der Waals surface area contributed by atoms with E-state index in [1.807, 2.05) is 25.1 Å². The molecule has 29 heavy (non-hydrogen) atoms. The van der Waals surface area contributed by atoms with E-state index in [0.717, 1.165) is 41.7 Å². The summed E-state index contributed by atoms with van der Waals surface area (Å²) in [6.07, 6.45) is 6.53. The number of aromatic nitrogens is 1. The third-order valence-electron chi connectivity index (χ3n) is 6.27. The van der Waals surface area contributed by atoms with Crippen LogP contribution < -0.4 is 10.5 Å². The molecule has 2 unspecified atom stereocenters. The van der Waals surface area contributed by atoms with E-state index in [4.69, 9.17) is 36.5 Å². The number of fused-ring (bicyclic) bond motifs is 4. The van der Waals surface area contributed by atoms with Gasteiger partial charge < -0.3 is 19.9 Å². The van der Waals surface area contributed by atoms with E-state index in [2.05, 4.69) is 11.1 Å². The largest absolute Gasteiger partial charge is 0.490 e. The molecular weight excluding hydrogens is 390 g/mol. The maximum atomic E-state index is 6.44. The van der Waals surface area contributed by atoms with E-state index in [-0.39, 0.29) is 24.1 Å². The molecule has 1 aromatic carbocycles. The van der Waals surface area contributed by atoms with Crippen molar-refractivity contribution in [3.05, 3.63) is 47.2 Å². The van der Waals surface area contributed by atoms with Crippen molar-refractivity contribution in [2.75, 3.05) is 13.2 Å². The van der Waals surface area contributed by atoms with Crippen molar-refractivity contribution >= 4 is 17.6 Å². The summed E-state index contributed by atoms with van der Waals surface area (Å²) in [4.78, 5) is 9.06. The molecule has 1 fully saturated rings. The van der Waals surface area contributed by atoms with Crippen molar-refractivity contribution in [3.63, 3.8) is 0 Å². The lowest BCUT2D eigenvalue weighted by molar-refractivity contribution is -0.0595. The molecule has 0 amide bonds. The molecule has 1 spiro atoms. The van der Waals surface area contributed by atoms with Gasteiger partial charge in [-0.25, -0.2) is 4.99 Å². The first-order valence-corrected chi connectivity index (χ1v) is 10.5. The molecule has 6 nitrogen and oxygen atoms in total. The lowest BCUT2D eigenvalue weighted by atomic mass is 9.67. The number of nitrogens with zero attached hydrogens (tertiary/aromatic N) is 2. The minimum Gasteiger partial charge on any atom is -0.490 e. The molecule has 5 rings (SSSR count). The molecule has 152 valence electrons. The predicted octanol–water partition coefficient (Wildman–Crippen LogP) is 3.91. The highest BCUT2D eigenvalue weighted by molar-refractivity contribution is 6.30. The van der Waals surface area contributed by atoms with E-state index in [1.165, 1.54) is 0 Å². The summed E-state index contributed by atoms with van der Waals surface area (Å²) in [6.45, 7) is 3.17. The molecule has 1 aromatic heterocycles. The van der Waals surface area contributed by atoms with Crippen molar-refractivity contribution in [1.82, 2.24) is 4.98 Å². The number of aliphatic imine (C=N–C) groups is 1. The number of nitrogens with two attached hydrogens (primary N) is 1. The number of halogens is 1. The van der Waals surface area contributed by atoms with E-state index >= 15 is 0 Å². The highest BCUT2D eigenvalue weighted by Gasteiger charge is 2.55. The fraction of sp³-hybridized carbons (Fsp3) is 0.455. The third kappa shape index (κ3) is 3.15. The minimum atomic E-state index is -0.555. The molecule has 4 atom stereocenters. The molecule has 1 saturated carbocycles. The molecule has 2 aliphatic heterocycles. The first-order chi connectivity index (χ1) is 14.1. The summed E-state index contributed by atoms with van der Waals surface area (Å²) in [7, 11) is 0. The topological polar surface area (TPSA) is 79.0 Å². The SMILES string of the molecule is CCO[C@H]1CCC2Oc3ccc(-c4cncc(Cl)c4)cc3C3(COC(N)=N3)[C@H]2C1. The van der Waals surface area contributed by atoms with Gasteiger partial charge in [0.05, 0.1) is 11.1 Å². The normalized spacial score (nSPS) is 30.1. The fourth-order valence-electron chi connectivity index (χ4n) is 4.99. The monoisotopic (exact) mass is 413 g/mol. The van der Waals surface area contributed by atoms with Gasteiger partial charge in [0.25, 0.3) is 6.02 Å². The number of rotatable bonds is 3. The molecule has 1 aliphatic carbocycles. The van der Waals surface area contributed by atoms with E-state index in [0.29, 0.717) is 18.2 Å². The minimum absolute atomic E-state index is 0.0798. The quantitative estimate of drug-likeness (QED) is 0.825. The van der Waals surface area contributed by atoms with Crippen LogP contribution in [0.1, 0.15) is 31.7 Å². The number of benzene rings is 1. The molecule has 7 heteroatoms. The molecule has 0 radical (unpaired) electrons. The molecule has 2 aromatic rings. The van der Waals surface area contributed by atoms with Crippen LogP contribution >= 0.6 is 11.6 Å². The highest BCUT2D eigenvalue weighted by Crippen LogP contribution is 2.53. The van der Waals surface area contributed by atoms with E-state index < -0.39 is 5.54 Å². The average Bonchev–Trinajstić information content (AvgIpc) is 3.11. The Balaban J connectivity index is 1.61. The number of hydrogen-bond donors (Lipinski definition) is 1. The van der Waals surface area contributed by atoms with E-state index in [9.17, 15) is 0 Å². The standard InChI is InChI=1S/C22H24ClN3O3/c1-2-27-16-4-6-20-18(9-16)22(12-28-21(24)26-22)17-8-13(3-5-19(17)29-20)14-7-15(23)11-25-10-14/h3,5,7-8,10-11,16,18,20H,2,4,6,9,12H2,1H3,(H2,24,26)/t16-,18-,20?,22?/m0/s1. The van der Waals surface area contributed by atoms with E-state index in [1.54, 1.807) is 12.4 Å². The molecular formula is C22H24ClN3O3. The zero-order chi connectivity index (χ0) is 20.0. The van der Waals surface area contributed by atoms with Gasteiger partial charge in [-0.05, 0) is 49.9 Å². The first-order valence-electron chi connectivity index (χ1n) is 10.1. The zero-order valence-electron chi connectivity index (χ0n) is 16.3. The number of ether oxygens (including phenoxy) is 3. The molecule has 2 N–H and O–H groups in total. The van der Waals surface area contributed by atoms with Crippen LogP contribution in [-0.2, 0) is 15.0 Å². The highest BCUT2D eigenvalue weighted by atomic mass is 35.5. The fourth-order valence-corrected chi connectivity index (χ4v) is 5.16. The van der Waals surface area contributed by atoms with Crippen LogP contribution in [0.2, 0.25) is 5.02 Å². The second-order valence-electron chi connectivity index (χ2n) is 7.92. The molecule has 0 saturated heterocycles. The summed E-state index contributed by atoms with van der Waals surface area (Å²) in [6, 6.07) is 8.32. The molecule has 0 bridgehead atoms. The van der Waals surface area contributed by atoms with Gasteiger partial charge in [-0.15, -0.1) is 0 Å². The average molecular weight is 414 g/mol. The third-order valence-corrected chi connectivity index (χ3v) is 6.47. The van der Waals surface area contributed by atoms with Gasteiger partial charge in [-0.1, -0.05) is 17.7 Å². The maximum absolute atomic E-state index is 6.44. The second-order valence-corrected chi connectivity index (χ2v) is 8.36. The summed E-state index contributed by atoms with van der Waals surface area (Å²) in [5.74, 6) is 0.996. The summed E-state index contributed by atoms with van der Waals surface area (Å²) in [5.41, 5.74) is 8.42. The van der Waals surface area contributed by atoms with Crippen LogP contribution in [0.15, 0.2) is 41.7 Å². The Morgan fingerprint density at radius 2 is 2.14 bits per heavy atom. The molecule has 3 heterocycles. The Hall–Kier alpha value is -2.31. The van der Waals surface area contributed by atoms with Crippen LogP contribution in [0.3, 0.4) is 0 Å². The Morgan fingerprint density at radius 1 is 1.24 bits per heavy atom. The van der Waals surface area contributed by atoms with Gasteiger partial charge in [0, 0.05) is 36.0 Å². The Kier molecular flexibility index (Phi) is 4.63. The zero-order valence-corrected chi connectivity index (χ0v) is 17.1. The van der Waals surface area contributed by atoms with Gasteiger partial charge in [0.2, 0.25) is 0 Å². The Labute approximate surface area is 175 Å².